The van der Waals surface area contributed by atoms with Crippen molar-refractivity contribution >= 4 is 5.97 Å². The topological polar surface area (TPSA) is 48.4 Å². The predicted octanol–water partition coefficient (Wildman–Crippen LogP) is 2.45. The number of nitrogens with zero attached hydrogens (tertiary/aromatic N) is 1. The Hall–Kier alpha value is -2.36. The third-order valence-electron chi connectivity index (χ3n) is 2.42. The van der Waals surface area contributed by atoms with Gasteiger partial charge in [0.2, 0.25) is 0 Å². The second-order valence-corrected chi connectivity index (χ2v) is 3.67. The van der Waals surface area contributed by atoms with Gasteiger partial charge < -0.3 is 9.47 Å². The van der Waals surface area contributed by atoms with Gasteiger partial charge >= 0.3 is 5.97 Å². The number of ether oxygens (including phenoxy) is 2. The van der Waals surface area contributed by atoms with Gasteiger partial charge in [0.05, 0.1) is 12.7 Å². The van der Waals surface area contributed by atoms with Crippen LogP contribution in [0, 0.1) is 0 Å². The van der Waals surface area contributed by atoms with Crippen molar-refractivity contribution in [3.63, 3.8) is 0 Å². The van der Waals surface area contributed by atoms with E-state index in [1.165, 1.54) is 0 Å². The molecule has 92 valence electrons. The molecule has 18 heavy (non-hydrogen) atoms. The van der Waals surface area contributed by atoms with Crippen LogP contribution in [-0.2, 0) is 11.3 Å². The number of hydrogen-bond acceptors (Lipinski definition) is 4. The lowest BCUT2D eigenvalue weighted by atomic mass is 10.2. The molecule has 0 amide bonds. The molecule has 0 N–H and O–H groups in total. The van der Waals surface area contributed by atoms with E-state index < -0.39 is 0 Å². The van der Waals surface area contributed by atoms with Gasteiger partial charge in [-0.2, -0.15) is 0 Å². The lowest BCUT2D eigenvalue weighted by molar-refractivity contribution is 0.0472. The molecule has 0 unspecified atom stereocenters. The monoisotopic (exact) mass is 243 g/mol. The highest BCUT2D eigenvalue weighted by atomic mass is 16.5. The van der Waals surface area contributed by atoms with Crippen LogP contribution in [0.2, 0.25) is 0 Å². The summed E-state index contributed by atoms with van der Waals surface area (Å²) in [6.07, 6.45) is 3.34. The van der Waals surface area contributed by atoms with Gasteiger partial charge in [0.15, 0.2) is 0 Å². The van der Waals surface area contributed by atoms with Crippen LogP contribution in [0.5, 0.6) is 5.75 Å². The Kier molecular flexibility index (Phi) is 3.91. The number of pyridine rings is 1. The van der Waals surface area contributed by atoms with E-state index in [0.717, 1.165) is 5.56 Å². The minimum Gasteiger partial charge on any atom is -0.497 e. The lowest BCUT2D eigenvalue weighted by Gasteiger charge is -2.05. The van der Waals surface area contributed by atoms with Crippen molar-refractivity contribution in [3.05, 3.63) is 59.9 Å². The van der Waals surface area contributed by atoms with Crippen LogP contribution in [0.4, 0.5) is 0 Å². The molecule has 1 heterocycles. The van der Waals surface area contributed by atoms with Gasteiger partial charge in [0.25, 0.3) is 0 Å². The summed E-state index contributed by atoms with van der Waals surface area (Å²) >= 11 is 0. The Morgan fingerprint density at radius 2 is 2.00 bits per heavy atom. The summed E-state index contributed by atoms with van der Waals surface area (Å²) in [5, 5.41) is 0. The number of carbonyl (C=O) groups is 1. The van der Waals surface area contributed by atoms with Crippen molar-refractivity contribution in [2.24, 2.45) is 0 Å². The zero-order valence-corrected chi connectivity index (χ0v) is 10.00. The van der Waals surface area contributed by atoms with Crippen molar-refractivity contribution in [1.29, 1.82) is 0 Å². The second kappa shape index (κ2) is 5.82. The minimum absolute atomic E-state index is 0.221. The smallest absolute Gasteiger partial charge is 0.338 e. The first kappa shape index (κ1) is 12.1. The maximum absolute atomic E-state index is 11.7. The van der Waals surface area contributed by atoms with Crippen LogP contribution in [0.25, 0.3) is 0 Å². The number of methoxy groups -OCH3 is 1. The normalized spacial score (nSPS) is 9.83. The highest BCUT2D eigenvalue weighted by Gasteiger charge is 2.07. The average molecular weight is 243 g/mol. The molecular weight excluding hydrogens is 230 g/mol. The summed E-state index contributed by atoms with van der Waals surface area (Å²) in [7, 11) is 1.58. The second-order valence-electron chi connectivity index (χ2n) is 3.67. The molecule has 2 rings (SSSR count). The molecule has 0 fully saturated rings. The number of aromatic nitrogens is 1. The molecule has 1 aromatic heterocycles. The van der Waals surface area contributed by atoms with Gasteiger partial charge in [0, 0.05) is 18.0 Å². The Bertz CT molecular complexity index is 508. The average Bonchev–Trinajstić information content (AvgIpc) is 2.46. The standard InChI is InChI=1S/C14H13NO3/c1-17-13-6-4-12(5-7-13)14(16)18-10-11-3-2-8-15-9-11/h2-9H,10H2,1H3. The van der Waals surface area contributed by atoms with E-state index in [2.05, 4.69) is 4.98 Å². The first-order valence-electron chi connectivity index (χ1n) is 5.49. The molecule has 0 aliphatic heterocycles. The number of hydrogen-bond donors (Lipinski definition) is 0. The Morgan fingerprint density at radius 3 is 2.61 bits per heavy atom. The van der Waals surface area contributed by atoms with Crippen molar-refractivity contribution in [2.75, 3.05) is 7.11 Å². The van der Waals surface area contributed by atoms with Gasteiger partial charge in [0.1, 0.15) is 12.4 Å². The summed E-state index contributed by atoms with van der Waals surface area (Å²) < 4.78 is 10.2. The zero-order chi connectivity index (χ0) is 12.8. The molecule has 4 nitrogen and oxygen atoms in total. The first-order chi connectivity index (χ1) is 8.79. The summed E-state index contributed by atoms with van der Waals surface area (Å²) in [6, 6.07) is 10.4. The van der Waals surface area contributed by atoms with E-state index in [1.54, 1.807) is 49.8 Å². The molecule has 2 aromatic rings. The molecule has 4 heteroatoms. The van der Waals surface area contributed by atoms with E-state index in [4.69, 9.17) is 9.47 Å². The predicted molar refractivity (Wildman–Crippen MR) is 66.4 cm³/mol. The number of rotatable bonds is 4. The highest BCUT2D eigenvalue weighted by molar-refractivity contribution is 5.89. The number of benzene rings is 1. The third-order valence-corrected chi connectivity index (χ3v) is 2.42. The van der Waals surface area contributed by atoms with Crippen LogP contribution >= 0.6 is 0 Å². The van der Waals surface area contributed by atoms with Gasteiger partial charge in [-0.15, -0.1) is 0 Å². The molecule has 0 bridgehead atoms. The quantitative estimate of drug-likeness (QED) is 0.774. The molecule has 0 aliphatic carbocycles. The van der Waals surface area contributed by atoms with Crippen molar-refractivity contribution in [2.45, 2.75) is 6.61 Å². The zero-order valence-electron chi connectivity index (χ0n) is 10.00. The summed E-state index contributed by atoms with van der Waals surface area (Å²) in [6.45, 7) is 0.221. The minimum atomic E-state index is -0.360. The fourth-order valence-corrected chi connectivity index (χ4v) is 1.44. The lowest BCUT2D eigenvalue weighted by Crippen LogP contribution is -2.05. The third kappa shape index (κ3) is 3.07. The van der Waals surface area contributed by atoms with Crippen molar-refractivity contribution in [3.8, 4) is 5.75 Å². The Labute approximate surface area is 105 Å². The van der Waals surface area contributed by atoms with E-state index in [1.807, 2.05) is 6.07 Å². The van der Waals surface area contributed by atoms with E-state index in [0.29, 0.717) is 11.3 Å². The molecular formula is C14H13NO3. The van der Waals surface area contributed by atoms with Crippen LogP contribution in [0.1, 0.15) is 15.9 Å². The van der Waals surface area contributed by atoms with Gasteiger partial charge in [-0.25, -0.2) is 4.79 Å². The summed E-state index contributed by atoms with van der Waals surface area (Å²) in [4.78, 5) is 15.7. The highest BCUT2D eigenvalue weighted by Crippen LogP contribution is 2.12. The SMILES string of the molecule is COc1ccc(C(=O)OCc2cccnc2)cc1. The molecule has 0 spiro atoms. The largest absolute Gasteiger partial charge is 0.497 e. The fraction of sp³-hybridized carbons (Fsp3) is 0.143. The van der Waals surface area contributed by atoms with Gasteiger partial charge in [-0.3, -0.25) is 4.98 Å². The van der Waals surface area contributed by atoms with Crippen LogP contribution in [0.15, 0.2) is 48.8 Å². The summed E-state index contributed by atoms with van der Waals surface area (Å²) in [5.41, 5.74) is 1.36. The van der Waals surface area contributed by atoms with E-state index >= 15 is 0 Å². The molecule has 1 aromatic carbocycles. The Balaban J connectivity index is 1.95. The molecule has 0 aliphatic rings. The molecule has 0 radical (unpaired) electrons. The van der Waals surface area contributed by atoms with Crippen molar-refractivity contribution in [1.82, 2.24) is 4.98 Å². The maximum Gasteiger partial charge on any atom is 0.338 e. The van der Waals surface area contributed by atoms with Crippen LogP contribution < -0.4 is 4.74 Å². The Morgan fingerprint density at radius 1 is 1.22 bits per heavy atom. The maximum atomic E-state index is 11.7. The number of esters is 1. The fourth-order valence-electron chi connectivity index (χ4n) is 1.44. The van der Waals surface area contributed by atoms with Crippen LogP contribution in [-0.4, -0.2) is 18.1 Å². The summed E-state index contributed by atoms with van der Waals surface area (Å²) in [5.74, 6) is 0.348. The molecule has 0 atom stereocenters. The van der Waals surface area contributed by atoms with Crippen LogP contribution in [0.3, 0.4) is 0 Å². The molecule has 0 saturated heterocycles. The van der Waals surface area contributed by atoms with E-state index in [9.17, 15) is 4.79 Å². The van der Waals surface area contributed by atoms with Crippen molar-refractivity contribution < 1.29 is 14.3 Å². The number of carbonyl (C=O) groups excluding carboxylic acids is 1. The van der Waals surface area contributed by atoms with E-state index in [-0.39, 0.29) is 12.6 Å². The first-order valence-corrected chi connectivity index (χ1v) is 5.49. The van der Waals surface area contributed by atoms with Gasteiger partial charge in [-0.05, 0) is 30.3 Å². The molecule has 0 saturated carbocycles. The van der Waals surface area contributed by atoms with Gasteiger partial charge in [-0.1, -0.05) is 6.07 Å².